The zero-order chi connectivity index (χ0) is 13.8. The molecule has 4 nitrogen and oxygen atoms in total. The maximum Gasteiger partial charge on any atom is 0.133 e. The Morgan fingerprint density at radius 1 is 1.21 bits per heavy atom. The molecule has 2 unspecified atom stereocenters. The lowest BCUT2D eigenvalue weighted by Gasteiger charge is -2.32. The Morgan fingerprint density at radius 3 is 2.53 bits per heavy atom. The van der Waals surface area contributed by atoms with E-state index >= 15 is 0 Å². The molecule has 2 atom stereocenters. The van der Waals surface area contributed by atoms with Gasteiger partial charge in [0, 0.05) is 18.5 Å². The second-order valence-electron chi connectivity index (χ2n) is 6.10. The average Bonchev–Trinajstić information content (AvgIpc) is 2.26. The van der Waals surface area contributed by atoms with E-state index in [1.54, 1.807) is 0 Å². The largest absolute Gasteiger partial charge is 0.384 e. The Bertz CT molecular complexity index is 409. The molecule has 3 N–H and O–H groups in total. The first kappa shape index (κ1) is 14.1. The van der Waals surface area contributed by atoms with Gasteiger partial charge in [-0.25, -0.2) is 9.97 Å². The molecule has 1 saturated carbocycles. The maximum absolute atomic E-state index is 5.86. The van der Waals surface area contributed by atoms with Crippen molar-refractivity contribution in [2.45, 2.75) is 58.9 Å². The molecule has 106 valence electrons. The maximum atomic E-state index is 5.86. The number of rotatable bonds is 4. The van der Waals surface area contributed by atoms with Gasteiger partial charge in [0.2, 0.25) is 0 Å². The minimum Gasteiger partial charge on any atom is -0.384 e. The molecule has 1 aromatic heterocycles. The van der Waals surface area contributed by atoms with Crippen LogP contribution >= 0.6 is 0 Å². The molecule has 1 aromatic rings. The molecule has 0 radical (unpaired) electrons. The zero-order valence-electron chi connectivity index (χ0n) is 12.3. The molecule has 0 aliphatic heterocycles. The number of nitrogens with zero attached hydrogens (tertiary/aromatic N) is 2. The van der Waals surface area contributed by atoms with Gasteiger partial charge < -0.3 is 11.1 Å². The van der Waals surface area contributed by atoms with Crippen LogP contribution in [-0.4, -0.2) is 16.0 Å². The van der Waals surface area contributed by atoms with Crippen LogP contribution in [0.1, 0.15) is 52.3 Å². The van der Waals surface area contributed by atoms with Crippen molar-refractivity contribution in [2.24, 2.45) is 11.8 Å². The third-order valence-corrected chi connectivity index (χ3v) is 3.80. The van der Waals surface area contributed by atoms with Crippen LogP contribution in [0.5, 0.6) is 0 Å². The molecule has 4 heteroatoms. The van der Waals surface area contributed by atoms with Crippen LogP contribution in [-0.2, 0) is 6.42 Å². The standard InChI is InChI=1S/C15H26N4/c1-4-5-14-18-13(16)9-15(19-14)17-12-7-10(2)6-11(3)8-12/h9-12H,4-8H2,1-3H3,(H3,16,17,18,19). The molecular formula is C15H26N4. The predicted molar refractivity (Wildman–Crippen MR) is 80.0 cm³/mol. The minimum absolute atomic E-state index is 0.516. The van der Waals surface area contributed by atoms with Gasteiger partial charge in [-0.1, -0.05) is 20.8 Å². The van der Waals surface area contributed by atoms with E-state index in [0.717, 1.165) is 36.3 Å². The number of aromatic nitrogens is 2. The van der Waals surface area contributed by atoms with Crippen LogP contribution in [0.4, 0.5) is 11.6 Å². The number of nitrogen functional groups attached to an aromatic ring is 1. The van der Waals surface area contributed by atoms with Crippen LogP contribution in [0.3, 0.4) is 0 Å². The van der Waals surface area contributed by atoms with Gasteiger partial charge in [0.1, 0.15) is 17.5 Å². The van der Waals surface area contributed by atoms with Crippen molar-refractivity contribution < 1.29 is 0 Å². The summed E-state index contributed by atoms with van der Waals surface area (Å²) < 4.78 is 0. The van der Waals surface area contributed by atoms with Crippen LogP contribution in [0.15, 0.2) is 6.07 Å². The highest BCUT2D eigenvalue weighted by Gasteiger charge is 2.24. The third kappa shape index (κ3) is 4.08. The molecule has 0 bridgehead atoms. The van der Waals surface area contributed by atoms with E-state index in [9.17, 15) is 0 Å². The van der Waals surface area contributed by atoms with Crippen LogP contribution in [0.2, 0.25) is 0 Å². The normalized spacial score (nSPS) is 27.2. The fraction of sp³-hybridized carbons (Fsp3) is 0.733. The summed E-state index contributed by atoms with van der Waals surface area (Å²) in [6.07, 6.45) is 5.71. The third-order valence-electron chi connectivity index (χ3n) is 3.80. The van der Waals surface area contributed by atoms with Crippen LogP contribution in [0, 0.1) is 11.8 Å². The highest BCUT2D eigenvalue weighted by atomic mass is 15.1. The Labute approximate surface area is 116 Å². The van der Waals surface area contributed by atoms with Crippen molar-refractivity contribution in [1.82, 2.24) is 9.97 Å². The van der Waals surface area contributed by atoms with Crippen molar-refractivity contribution in [3.05, 3.63) is 11.9 Å². The van der Waals surface area contributed by atoms with Crippen LogP contribution in [0.25, 0.3) is 0 Å². The molecule has 1 aliphatic carbocycles. The van der Waals surface area contributed by atoms with E-state index in [1.165, 1.54) is 19.3 Å². The Morgan fingerprint density at radius 2 is 1.89 bits per heavy atom. The topological polar surface area (TPSA) is 63.8 Å². The van der Waals surface area contributed by atoms with Gasteiger partial charge in [-0.15, -0.1) is 0 Å². The fourth-order valence-corrected chi connectivity index (χ4v) is 3.20. The summed E-state index contributed by atoms with van der Waals surface area (Å²) in [7, 11) is 0. The van der Waals surface area contributed by atoms with Crippen molar-refractivity contribution in [1.29, 1.82) is 0 Å². The molecule has 2 rings (SSSR count). The molecule has 0 aromatic carbocycles. The molecular weight excluding hydrogens is 236 g/mol. The summed E-state index contributed by atoms with van der Waals surface area (Å²) in [5.74, 6) is 3.88. The Kier molecular flexibility index (Phi) is 4.61. The molecule has 1 heterocycles. The van der Waals surface area contributed by atoms with E-state index in [2.05, 4.69) is 36.1 Å². The number of nitrogens with two attached hydrogens (primary N) is 1. The highest BCUT2D eigenvalue weighted by Crippen LogP contribution is 2.30. The fourth-order valence-electron chi connectivity index (χ4n) is 3.20. The van der Waals surface area contributed by atoms with Gasteiger partial charge in [-0.05, 0) is 37.5 Å². The summed E-state index contributed by atoms with van der Waals surface area (Å²) in [5, 5.41) is 3.55. The van der Waals surface area contributed by atoms with E-state index in [4.69, 9.17) is 5.73 Å². The van der Waals surface area contributed by atoms with Crippen molar-refractivity contribution in [2.75, 3.05) is 11.1 Å². The van der Waals surface area contributed by atoms with Gasteiger partial charge >= 0.3 is 0 Å². The summed E-state index contributed by atoms with van der Waals surface area (Å²) in [4.78, 5) is 8.84. The number of aryl methyl sites for hydroxylation is 1. The molecule has 0 amide bonds. The molecule has 0 spiro atoms. The summed E-state index contributed by atoms with van der Waals surface area (Å²) in [6.45, 7) is 6.80. The molecule has 1 fully saturated rings. The van der Waals surface area contributed by atoms with E-state index in [-0.39, 0.29) is 0 Å². The smallest absolute Gasteiger partial charge is 0.133 e. The number of anilines is 2. The second-order valence-corrected chi connectivity index (χ2v) is 6.10. The second kappa shape index (κ2) is 6.22. The summed E-state index contributed by atoms with van der Waals surface area (Å²) in [5.41, 5.74) is 5.86. The lowest BCUT2D eigenvalue weighted by Crippen LogP contribution is -2.30. The zero-order valence-corrected chi connectivity index (χ0v) is 12.3. The van der Waals surface area contributed by atoms with Crippen molar-refractivity contribution >= 4 is 11.6 Å². The number of hydrogen-bond acceptors (Lipinski definition) is 4. The first-order valence-electron chi connectivity index (χ1n) is 7.46. The first-order valence-corrected chi connectivity index (χ1v) is 7.46. The monoisotopic (exact) mass is 262 g/mol. The molecule has 19 heavy (non-hydrogen) atoms. The van der Waals surface area contributed by atoms with Gasteiger partial charge in [0.05, 0.1) is 0 Å². The quantitative estimate of drug-likeness (QED) is 0.874. The van der Waals surface area contributed by atoms with Gasteiger partial charge in [-0.2, -0.15) is 0 Å². The van der Waals surface area contributed by atoms with Gasteiger partial charge in [-0.3, -0.25) is 0 Å². The van der Waals surface area contributed by atoms with Gasteiger partial charge in [0.25, 0.3) is 0 Å². The number of nitrogens with one attached hydrogen (secondary N) is 1. The van der Waals surface area contributed by atoms with E-state index in [1.807, 2.05) is 6.07 Å². The van der Waals surface area contributed by atoms with Gasteiger partial charge in [0.15, 0.2) is 0 Å². The predicted octanol–water partition coefficient (Wildman–Crippen LogP) is 3.25. The van der Waals surface area contributed by atoms with E-state index < -0.39 is 0 Å². The Hall–Kier alpha value is -1.32. The van der Waals surface area contributed by atoms with E-state index in [0.29, 0.717) is 11.9 Å². The highest BCUT2D eigenvalue weighted by molar-refractivity contribution is 5.45. The Balaban J connectivity index is 2.05. The summed E-state index contributed by atoms with van der Waals surface area (Å²) in [6, 6.07) is 2.37. The average molecular weight is 262 g/mol. The lowest BCUT2D eigenvalue weighted by atomic mass is 9.80. The SMILES string of the molecule is CCCc1nc(N)cc(NC2CC(C)CC(C)C2)n1. The minimum atomic E-state index is 0.516. The lowest BCUT2D eigenvalue weighted by molar-refractivity contribution is 0.280. The number of hydrogen-bond donors (Lipinski definition) is 2. The molecule has 0 saturated heterocycles. The molecule has 1 aliphatic rings. The van der Waals surface area contributed by atoms with Crippen molar-refractivity contribution in [3.8, 4) is 0 Å². The van der Waals surface area contributed by atoms with Crippen LogP contribution < -0.4 is 11.1 Å². The first-order chi connectivity index (χ1) is 9.06. The van der Waals surface area contributed by atoms with Crippen molar-refractivity contribution in [3.63, 3.8) is 0 Å². The summed E-state index contributed by atoms with van der Waals surface area (Å²) >= 11 is 0.